The third-order valence-corrected chi connectivity index (χ3v) is 10.6. The summed E-state index contributed by atoms with van der Waals surface area (Å²) >= 11 is 0. The van der Waals surface area contributed by atoms with Crippen molar-refractivity contribution in [3.05, 3.63) is 107 Å². The van der Waals surface area contributed by atoms with Crippen LogP contribution >= 0.6 is 0 Å². The van der Waals surface area contributed by atoms with Crippen LogP contribution < -0.4 is 5.32 Å². The number of rotatable bonds is 24. The van der Waals surface area contributed by atoms with E-state index < -0.39 is 12.4 Å². The lowest BCUT2D eigenvalue weighted by Crippen LogP contribution is -2.43. The highest BCUT2D eigenvalue weighted by Crippen LogP contribution is 2.38. The van der Waals surface area contributed by atoms with Gasteiger partial charge in [0.15, 0.2) is 6.29 Å². The molecular weight excluding hydrogens is 649 g/mol. The van der Waals surface area contributed by atoms with Crippen LogP contribution in [0.2, 0.25) is 0 Å². The van der Waals surface area contributed by atoms with Crippen molar-refractivity contribution < 1.29 is 24.5 Å². The molecule has 7 heteroatoms. The Labute approximate surface area is 314 Å². The average molecular weight is 715 g/mol. The molecule has 0 spiro atoms. The van der Waals surface area contributed by atoms with Crippen LogP contribution in [0, 0.1) is 0 Å². The highest BCUT2D eigenvalue weighted by Gasteiger charge is 2.34. The van der Waals surface area contributed by atoms with Gasteiger partial charge in [0, 0.05) is 37.5 Å². The number of aliphatic hydroxyl groups is 2. The molecule has 1 saturated heterocycles. The smallest absolute Gasteiger partial charge is 0.220 e. The van der Waals surface area contributed by atoms with E-state index in [0.717, 1.165) is 40.7 Å². The SMILES string of the molecule is CCCCCCCCCCCCCCCC(=O)NCc1ccc(C2OC(CN(C)C(C)C(O)c3ccccc3)CC(c3ccc(CO)cc3)O2)cc1. The molecule has 5 atom stereocenters. The number of hydrogen-bond acceptors (Lipinski definition) is 6. The molecule has 1 heterocycles. The molecule has 1 aliphatic rings. The quantitative estimate of drug-likeness (QED) is 0.0801. The van der Waals surface area contributed by atoms with Crippen molar-refractivity contribution in [3.63, 3.8) is 0 Å². The number of nitrogens with one attached hydrogen (secondary N) is 1. The lowest BCUT2D eigenvalue weighted by atomic mass is 9.98. The summed E-state index contributed by atoms with van der Waals surface area (Å²) in [6.45, 7) is 5.43. The van der Waals surface area contributed by atoms with E-state index in [9.17, 15) is 15.0 Å². The van der Waals surface area contributed by atoms with Crippen molar-refractivity contribution in [2.75, 3.05) is 13.6 Å². The predicted molar refractivity (Wildman–Crippen MR) is 211 cm³/mol. The molecule has 1 aliphatic heterocycles. The van der Waals surface area contributed by atoms with Gasteiger partial charge >= 0.3 is 0 Å². The van der Waals surface area contributed by atoms with Crippen LogP contribution in [-0.4, -0.2) is 46.8 Å². The molecular formula is C45H66N2O5. The minimum atomic E-state index is -0.619. The summed E-state index contributed by atoms with van der Waals surface area (Å²) in [5.41, 5.74) is 4.75. The van der Waals surface area contributed by atoms with Gasteiger partial charge < -0.3 is 25.0 Å². The molecule has 1 fully saturated rings. The predicted octanol–water partition coefficient (Wildman–Crippen LogP) is 9.88. The van der Waals surface area contributed by atoms with E-state index in [1.807, 2.05) is 92.8 Å². The normalized spacial score (nSPS) is 18.7. The van der Waals surface area contributed by atoms with E-state index in [0.29, 0.717) is 25.9 Å². The fraction of sp³-hybridized carbons (Fsp3) is 0.578. The van der Waals surface area contributed by atoms with Gasteiger partial charge in [-0.3, -0.25) is 9.69 Å². The van der Waals surface area contributed by atoms with E-state index in [1.54, 1.807) is 0 Å². The number of unbranched alkanes of at least 4 members (excludes halogenated alkanes) is 12. The number of ether oxygens (including phenoxy) is 2. The third kappa shape index (κ3) is 14.4. The van der Waals surface area contributed by atoms with E-state index in [-0.39, 0.29) is 30.8 Å². The van der Waals surface area contributed by atoms with Crippen molar-refractivity contribution in [3.8, 4) is 0 Å². The van der Waals surface area contributed by atoms with Crippen LogP contribution in [0.15, 0.2) is 78.9 Å². The molecule has 3 N–H and O–H groups in total. The van der Waals surface area contributed by atoms with E-state index in [2.05, 4.69) is 17.1 Å². The van der Waals surface area contributed by atoms with Gasteiger partial charge in [0.05, 0.1) is 24.9 Å². The first-order valence-corrected chi connectivity index (χ1v) is 20.2. The fourth-order valence-electron chi connectivity index (χ4n) is 7.08. The highest BCUT2D eigenvalue weighted by atomic mass is 16.7. The summed E-state index contributed by atoms with van der Waals surface area (Å²) < 4.78 is 13.1. The first-order chi connectivity index (χ1) is 25.4. The van der Waals surface area contributed by atoms with Gasteiger partial charge in [-0.15, -0.1) is 0 Å². The van der Waals surface area contributed by atoms with Crippen molar-refractivity contribution in [1.82, 2.24) is 10.2 Å². The number of benzene rings is 3. The van der Waals surface area contributed by atoms with Gasteiger partial charge in [0.25, 0.3) is 0 Å². The maximum Gasteiger partial charge on any atom is 0.220 e. The molecule has 7 nitrogen and oxygen atoms in total. The van der Waals surface area contributed by atoms with Gasteiger partial charge in [-0.25, -0.2) is 0 Å². The molecule has 0 saturated carbocycles. The summed E-state index contributed by atoms with van der Waals surface area (Å²) in [5, 5.41) is 23.7. The summed E-state index contributed by atoms with van der Waals surface area (Å²) in [6, 6.07) is 25.7. The Hall–Kier alpha value is -3.07. The minimum Gasteiger partial charge on any atom is -0.392 e. The molecule has 0 radical (unpaired) electrons. The number of hydrogen-bond donors (Lipinski definition) is 3. The summed E-state index contributed by atoms with van der Waals surface area (Å²) in [6.07, 6.45) is 16.6. The van der Waals surface area contributed by atoms with Crippen molar-refractivity contribution in [1.29, 1.82) is 0 Å². The van der Waals surface area contributed by atoms with Gasteiger partial charge in [0.1, 0.15) is 0 Å². The van der Waals surface area contributed by atoms with E-state index in [1.165, 1.54) is 70.6 Å². The molecule has 52 heavy (non-hydrogen) atoms. The number of carbonyl (C=O) groups excluding carboxylic acids is 1. The molecule has 286 valence electrons. The summed E-state index contributed by atoms with van der Waals surface area (Å²) in [4.78, 5) is 14.7. The largest absolute Gasteiger partial charge is 0.392 e. The lowest BCUT2D eigenvalue weighted by molar-refractivity contribution is -0.253. The van der Waals surface area contributed by atoms with Crippen LogP contribution in [-0.2, 0) is 27.4 Å². The topological polar surface area (TPSA) is 91.3 Å². The number of amides is 1. The molecule has 4 rings (SSSR count). The van der Waals surface area contributed by atoms with Gasteiger partial charge in [-0.05, 0) is 42.6 Å². The first kappa shape index (κ1) is 41.7. The summed E-state index contributed by atoms with van der Waals surface area (Å²) in [5.74, 6) is 0.111. The Morgan fingerprint density at radius 3 is 1.92 bits per heavy atom. The van der Waals surface area contributed by atoms with Gasteiger partial charge in [-0.1, -0.05) is 163 Å². The standard InChI is InChI=1S/C45H66N2O5/c1-4-5-6-7-8-9-10-11-12-13-14-15-19-22-43(49)46-32-36-23-29-40(30-24-36)45-51-41(31-42(52-45)38-27-25-37(34-48)26-28-38)33-47(3)35(2)44(50)39-20-17-16-18-21-39/h16-18,20-21,23-30,35,41-42,44-45,48,50H,4-15,19,22,31-34H2,1-3H3,(H,46,49). The number of nitrogens with zero attached hydrogens (tertiary/aromatic N) is 1. The van der Waals surface area contributed by atoms with Crippen molar-refractivity contribution in [2.24, 2.45) is 0 Å². The van der Waals surface area contributed by atoms with Crippen LogP contribution in [0.5, 0.6) is 0 Å². The second-order valence-corrected chi connectivity index (χ2v) is 14.9. The Balaban J connectivity index is 1.22. The average Bonchev–Trinajstić information content (AvgIpc) is 3.18. The Morgan fingerprint density at radius 2 is 1.33 bits per heavy atom. The van der Waals surface area contributed by atoms with Crippen molar-refractivity contribution >= 4 is 5.91 Å². The second-order valence-electron chi connectivity index (χ2n) is 14.9. The van der Waals surface area contributed by atoms with Crippen LogP contribution in [0.3, 0.4) is 0 Å². The van der Waals surface area contributed by atoms with Crippen LogP contribution in [0.1, 0.15) is 156 Å². The zero-order chi connectivity index (χ0) is 37.0. The highest BCUT2D eigenvalue weighted by molar-refractivity contribution is 5.75. The minimum absolute atomic E-state index is 0.00116. The summed E-state index contributed by atoms with van der Waals surface area (Å²) in [7, 11) is 2.03. The number of likely N-dealkylation sites (N-methyl/N-ethyl adjacent to an activating group) is 1. The molecule has 5 unspecified atom stereocenters. The Morgan fingerprint density at radius 1 is 0.769 bits per heavy atom. The zero-order valence-corrected chi connectivity index (χ0v) is 32.2. The molecule has 1 amide bonds. The Kier molecular flexibility index (Phi) is 18.9. The maximum atomic E-state index is 12.6. The van der Waals surface area contributed by atoms with Crippen molar-refractivity contribution in [2.45, 2.75) is 154 Å². The second kappa shape index (κ2) is 23.6. The third-order valence-electron chi connectivity index (χ3n) is 10.6. The molecule has 0 aliphatic carbocycles. The number of aliphatic hydroxyl groups excluding tert-OH is 2. The van der Waals surface area contributed by atoms with E-state index >= 15 is 0 Å². The molecule has 3 aromatic carbocycles. The van der Waals surface area contributed by atoms with Crippen LogP contribution in [0.25, 0.3) is 0 Å². The number of carbonyl (C=O) groups is 1. The van der Waals surface area contributed by atoms with Gasteiger partial charge in [-0.2, -0.15) is 0 Å². The monoisotopic (exact) mass is 714 g/mol. The first-order valence-electron chi connectivity index (χ1n) is 20.2. The molecule has 0 aromatic heterocycles. The maximum absolute atomic E-state index is 12.6. The van der Waals surface area contributed by atoms with Crippen LogP contribution in [0.4, 0.5) is 0 Å². The van der Waals surface area contributed by atoms with Gasteiger partial charge in [0.2, 0.25) is 5.91 Å². The fourth-order valence-corrected chi connectivity index (χ4v) is 7.08. The Bertz CT molecular complexity index is 1380. The molecule has 0 bridgehead atoms. The zero-order valence-electron chi connectivity index (χ0n) is 32.2. The van der Waals surface area contributed by atoms with E-state index in [4.69, 9.17) is 9.47 Å². The lowest BCUT2D eigenvalue weighted by Gasteiger charge is -2.39. The molecule has 3 aromatic rings.